The Bertz CT molecular complexity index is 1740. The van der Waals surface area contributed by atoms with Gasteiger partial charge in [0.1, 0.15) is 11.6 Å². The van der Waals surface area contributed by atoms with Crippen LogP contribution in [-0.2, 0) is 20.0 Å². The van der Waals surface area contributed by atoms with Gasteiger partial charge in [0.25, 0.3) is 0 Å². The lowest BCUT2D eigenvalue weighted by atomic mass is 10.0. The fourth-order valence-electron chi connectivity index (χ4n) is 5.23. The minimum atomic E-state index is 0.764. The van der Waals surface area contributed by atoms with Crippen molar-refractivity contribution in [3.63, 3.8) is 0 Å². The van der Waals surface area contributed by atoms with Gasteiger partial charge in [-0.15, -0.1) is 0 Å². The summed E-state index contributed by atoms with van der Waals surface area (Å²) >= 11 is 6.43. The van der Waals surface area contributed by atoms with E-state index in [9.17, 15) is 0 Å². The van der Waals surface area contributed by atoms with Gasteiger partial charge < -0.3 is 9.13 Å². The summed E-state index contributed by atoms with van der Waals surface area (Å²) in [7, 11) is 2.09. The normalized spacial score (nSPS) is 11.6. The molecule has 184 valence electrons. The first-order valence-electron chi connectivity index (χ1n) is 12.8. The van der Waals surface area contributed by atoms with Crippen LogP contribution >= 0.6 is 11.6 Å². The second-order valence-corrected chi connectivity index (χ2v) is 10.1. The fraction of sp³-hybridized carbons (Fsp3) is 0.188. The van der Waals surface area contributed by atoms with Crippen LogP contribution in [-0.4, -0.2) is 19.1 Å². The highest BCUT2D eigenvalue weighted by Gasteiger charge is 2.17. The van der Waals surface area contributed by atoms with Crippen LogP contribution in [0.4, 0.5) is 0 Å². The molecule has 0 radical (unpaired) electrons. The lowest BCUT2D eigenvalue weighted by Gasteiger charge is -2.12. The monoisotopic (exact) mass is 504 g/mol. The van der Waals surface area contributed by atoms with Crippen molar-refractivity contribution in [2.45, 2.75) is 33.2 Å². The van der Waals surface area contributed by atoms with Gasteiger partial charge in [-0.2, -0.15) is 0 Å². The maximum absolute atomic E-state index is 6.43. The Morgan fingerprint density at radius 1 is 0.811 bits per heavy atom. The number of benzene rings is 4. The molecule has 0 atom stereocenters. The largest absolute Gasteiger partial charge is 0.327 e. The van der Waals surface area contributed by atoms with Gasteiger partial charge in [-0.25, -0.2) is 9.97 Å². The summed E-state index contributed by atoms with van der Waals surface area (Å²) in [4.78, 5) is 10.0. The Morgan fingerprint density at radius 2 is 1.57 bits per heavy atom. The zero-order chi connectivity index (χ0) is 25.5. The molecule has 0 spiro atoms. The van der Waals surface area contributed by atoms with E-state index in [1.165, 1.54) is 11.1 Å². The average molecular weight is 505 g/mol. The minimum absolute atomic E-state index is 0.764. The van der Waals surface area contributed by atoms with Gasteiger partial charge in [-0.05, 0) is 60.4 Å². The summed E-state index contributed by atoms with van der Waals surface area (Å²) in [6.45, 7) is 5.12. The number of rotatable bonds is 6. The molecule has 0 unspecified atom stereocenters. The second kappa shape index (κ2) is 9.53. The van der Waals surface area contributed by atoms with Crippen molar-refractivity contribution in [3.05, 3.63) is 107 Å². The van der Waals surface area contributed by atoms with E-state index < -0.39 is 0 Å². The number of hydrogen-bond acceptors (Lipinski definition) is 2. The number of para-hydroxylation sites is 2. The number of hydrogen-bond donors (Lipinski definition) is 0. The molecular formula is C32H29ClN4. The molecule has 0 aliphatic rings. The van der Waals surface area contributed by atoms with Gasteiger partial charge in [0.05, 0.1) is 22.1 Å². The fourth-order valence-corrected chi connectivity index (χ4v) is 5.48. The summed E-state index contributed by atoms with van der Waals surface area (Å²) in [5, 5.41) is 0.769. The first-order valence-corrected chi connectivity index (χ1v) is 13.2. The van der Waals surface area contributed by atoms with Crippen molar-refractivity contribution in [2.75, 3.05) is 0 Å². The van der Waals surface area contributed by atoms with Crippen molar-refractivity contribution in [3.8, 4) is 22.5 Å². The number of fused-ring (bicyclic) bond motifs is 2. The van der Waals surface area contributed by atoms with Crippen molar-refractivity contribution in [2.24, 2.45) is 7.05 Å². The highest BCUT2D eigenvalue weighted by atomic mass is 35.5. The molecule has 0 saturated carbocycles. The third kappa shape index (κ3) is 4.21. The van der Waals surface area contributed by atoms with Gasteiger partial charge in [-0.3, -0.25) is 0 Å². The van der Waals surface area contributed by atoms with E-state index in [-0.39, 0.29) is 0 Å². The molecule has 37 heavy (non-hydrogen) atoms. The van der Waals surface area contributed by atoms with Gasteiger partial charge in [0.15, 0.2) is 0 Å². The first kappa shape index (κ1) is 23.5. The minimum Gasteiger partial charge on any atom is -0.327 e. The third-order valence-corrected chi connectivity index (χ3v) is 7.45. The summed E-state index contributed by atoms with van der Waals surface area (Å²) < 4.78 is 4.56. The molecule has 6 aromatic rings. The van der Waals surface area contributed by atoms with E-state index in [1.807, 2.05) is 24.3 Å². The Morgan fingerprint density at radius 3 is 2.32 bits per heavy atom. The van der Waals surface area contributed by atoms with Crippen molar-refractivity contribution < 1.29 is 0 Å². The summed E-state index contributed by atoms with van der Waals surface area (Å²) in [6.07, 6.45) is 1.98. The summed E-state index contributed by atoms with van der Waals surface area (Å²) in [5.41, 5.74) is 10.1. The molecule has 0 aliphatic heterocycles. The quantitative estimate of drug-likeness (QED) is 0.229. The highest BCUT2D eigenvalue weighted by Crippen LogP contribution is 2.31. The molecule has 0 bridgehead atoms. The van der Waals surface area contributed by atoms with E-state index in [4.69, 9.17) is 21.6 Å². The molecule has 0 N–H and O–H groups in total. The lowest BCUT2D eigenvalue weighted by molar-refractivity contribution is 0.722. The van der Waals surface area contributed by atoms with Gasteiger partial charge in [0, 0.05) is 36.2 Å². The molecule has 2 aromatic heterocycles. The lowest BCUT2D eigenvalue weighted by Crippen LogP contribution is -2.05. The number of halogens is 1. The molecule has 0 amide bonds. The molecule has 2 heterocycles. The van der Waals surface area contributed by atoms with Gasteiger partial charge >= 0.3 is 0 Å². The van der Waals surface area contributed by atoms with Crippen LogP contribution in [0.2, 0.25) is 5.02 Å². The molecular weight excluding hydrogens is 476 g/mol. The molecule has 5 heteroatoms. The molecule has 6 rings (SSSR count). The van der Waals surface area contributed by atoms with Crippen LogP contribution in [0, 0.1) is 6.92 Å². The van der Waals surface area contributed by atoms with E-state index in [0.717, 1.165) is 74.8 Å². The Hall–Kier alpha value is -3.89. The number of imidazole rings is 2. The summed E-state index contributed by atoms with van der Waals surface area (Å²) in [6, 6.07) is 29.5. The van der Waals surface area contributed by atoms with Crippen molar-refractivity contribution in [1.82, 2.24) is 19.1 Å². The molecule has 0 aliphatic carbocycles. The SMILES string of the molecule is CCCc1nc2c(C)cc(-c3nc4ccccc4n3C)cc2n1Cc1ccc(-c2ccccc2Cl)cc1. The number of aromatic nitrogens is 4. The van der Waals surface area contributed by atoms with E-state index >= 15 is 0 Å². The van der Waals surface area contributed by atoms with Crippen LogP contribution in [0.3, 0.4) is 0 Å². The smallest absolute Gasteiger partial charge is 0.140 e. The van der Waals surface area contributed by atoms with Crippen LogP contribution in [0.1, 0.15) is 30.3 Å². The molecule has 0 fully saturated rings. The van der Waals surface area contributed by atoms with Crippen molar-refractivity contribution in [1.29, 1.82) is 0 Å². The molecule has 0 saturated heterocycles. The zero-order valence-corrected chi connectivity index (χ0v) is 22.1. The van der Waals surface area contributed by atoms with Crippen LogP contribution in [0.15, 0.2) is 84.9 Å². The third-order valence-electron chi connectivity index (χ3n) is 7.12. The Labute approximate surface area is 222 Å². The summed E-state index contributed by atoms with van der Waals surface area (Å²) in [5.74, 6) is 2.10. The van der Waals surface area contributed by atoms with Crippen LogP contribution in [0.5, 0.6) is 0 Å². The highest BCUT2D eigenvalue weighted by molar-refractivity contribution is 6.33. The zero-order valence-electron chi connectivity index (χ0n) is 21.4. The van der Waals surface area contributed by atoms with Gasteiger partial charge in [0.2, 0.25) is 0 Å². The Kier molecular flexibility index (Phi) is 6.05. The standard InChI is InChI=1S/C32H29ClN4/c1-4-9-30-35-31-21(2)18-24(32-34-27-12-7-8-13-28(27)36(32)3)19-29(31)37(30)20-22-14-16-23(17-15-22)25-10-5-6-11-26(25)33/h5-8,10-19H,4,9,20H2,1-3H3. The van der Waals surface area contributed by atoms with Crippen molar-refractivity contribution >= 4 is 33.7 Å². The topological polar surface area (TPSA) is 35.6 Å². The first-order chi connectivity index (χ1) is 18.0. The number of aryl methyl sites for hydroxylation is 3. The Balaban J connectivity index is 1.44. The average Bonchev–Trinajstić information content (AvgIpc) is 3.43. The van der Waals surface area contributed by atoms with Crippen LogP contribution in [0.25, 0.3) is 44.6 Å². The second-order valence-electron chi connectivity index (χ2n) is 9.68. The maximum Gasteiger partial charge on any atom is 0.140 e. The number of nitrogens with zero attached hydrogens (tertiary/aromatic N) is 4. The van der Waals surface area contributed by atoms with E-state index in [2.05, 4.69) is 90.7 Å². The molecule has 4 nitrogen and oxygen atoms in total. The molecule has 4 aromatic carbocycles. The van der Waals surface area contributed by atoms with E-state index in [1.54, 1.807) is 0 Å². The van der Waals surface area contributed by atoms with E-state index in [0.29, 0.717) is 0 Å². The predicted octanol–water partition coefficient (Wildman–Crippen LogP) is 8.22. The van der Waals surface area contributed by atoms with Gasteiger partial charge in [-0.1, -0.05) is 73.1 Å². The van der Waals surface area contributed by atoms with Crippen LogP contribution < -0.4 is 0 Å². The predicted molar refractivity (Wildman–Crippen MR) is 154 cm³/mol. The maximum atomic E-state index is 6.43.